The van der Waals surface area contributed by atoms with Crippen LogP contribution in [0.5, 0.6) is 0 Å². The summed E-state index contributed by atoms with van der Waals surface area (Å²) in [4.78, 5) is 16.1. The molecule has 0 unspecified atom stereocenters. The van der Waals surface area contributed by atoms with E-state index in [-0.39, 0.29) is 18.3 Å². The zero-order valence-electron chi connectivity index (χ0n) is 14.1. The minimum absolute atomic E-state index is 0.126. The van der Waals surface area contributed by atoms with Gasteiger partial charge in [0.15, 0.2) is 0 Å². The van der Waals surface area contributed by atoms with Crippen molar-refractivity contribution in [3.05, 3.63) is 46.8 Å². The second-order valence-electron chi connectivity index (χ2n) is 6.61. The Balaban J connectivity index is 1.71. The van der Waals surface area contributed by atoms with Gasteiger partial charge in [-0.1, -0.05) is 24.3 Å². The number of nitrogens with zero attached hydrogens (tertiary/aromatic N) is 2. The Morgan fingerprint density at radius 3 is 2.58 bits per heavy atom. The van der Waals surface area contributed by atoms with E-state index >= 15 is 0 Å². The predicted molar refractivity (Wildman–Crippen MR) is 94.1 cm³/mol. The summed E-state index contributed by atoms with van der Waals surface area (Å²) in [5, 5.41) is 11.0. The largest absolute Gasteiger partial charge is 0.400 e. The fourth-order valence-electron chi connectivity index (χ4n) is 3.31. The Bertz CT molecular complexity index is 672. The average Bonchev–Trinajstić information content (AvgIpc) is 3.03. The van der Waals surface area contributed by atoms with Crippen molar-refractivity contribution in [3.8, 4) is 0 Å². The van der Waals surface area contributed by atoms with Crippen molar-refractivity contribution >= 4 is 11.7 Å². The first-order valence-electron chi connectivity index (χ1n) is 8.43. The molecule has 0 atom stereocenters. The van der Waals surface area contributed by atoms with Crippen LogP contribution in [-0.2, 0) is 17.9 Å². The van der Waals surface area contributed by atoms with Gasteiger partial charge in [0.1, 0.15) is 11.5 Å². The summed E-state index contributed by atoms with van der Waals surface area (Å²) in [5.41, 5.74) is 9.05. The van der Waals surface area contributed by atoms with Gasteiger partial charge in [-0.15, -0.1) is 0 Å². The van der Waals surface area contributed by atoms with Gasteiger partial charge in [0.05, 0.1) is 6.54 Å². The van der Waals surface area contributed by atoms with E-state index in [4.69, 9.17) is 11.1 Å². The van der Waals surface area contributed by atoms with E-state index in [9.17, 15) is 4.79 Å². The van der Waals surface area contributed by atoms with Gasteiger partial charge in [0, 0.05) is 18.8 Å². The van der Waals surface area contributed by atoms with Crippen molar-refractivity contribution in [1.29, 1.82) is 5.41 Å². The van der Waals surface area contributed by atoms with Crippen LogP contribution >= 0.6 is 0 Å². The molecule has 128 valence electrons. The first kappa shape index (κ1) is 16.5. The topological polar surface area (TPSA) is 85.5 Å². The fourth-order valence-corrected chi connectivity index (χ4v) is 3.31. The normalized spacial score (nSPS) is 21.1. The number of carbonyl (C=O) groups excluding carboxylic acids is 1. The molecule has 3 rings (SSSR count). The van der Waals surface area contributed by atoms with Crippen LogP contribution in [0.3, 0.4) is 0 Å². The Hall–Kier alpha value is -2.34. The number of benzene rings is 1. The highest BCUT2D eigenvalue weighted by atomic mass is 16.2. The standard InChI is InChI=1S/C18H25N5O/c1-13(19)17-18(20)23(12-16(24)21-17)11-15-6-4-5-14(9-15)10-22-7-2-3-8-22/h4-6,9,20H,2-3,7-8,10-12,19H2,1H3,(H,21,24)/b17-13-,20-18?. The summed E-state index contributed by atoms with van der Waals surface area (Å²) in [5.74, 6) is 0.151. The second kappa shape index (κ2) is 7.05. The van der Waals surface area contributed by atoms with E-state index in [2.05, 4.69) is 28.4 Å². The Morgan fingerprint density at radius 2 is 1.92 bits per heavy atom. The minimum Gasteiger partial charge on any atom is -0.400 e. The van der Waals surface area contributed by atoms with Gasteiger partial charge in [-0.05, 0) is 44.0 Å². The minimum atomic E-state index is -0.126. The summed E-state index contributed by atoms with van der Waals surface area (Å²) in [6.45, 7) is 5.74. The lowest BCUT2D eigenvalue weighted by Gasteiger charge is -2.31. The molecule has 2 aliphatic heterocycles. The Morgan fingerprint density at radius 1 is 1.25 bits per heavy atom. The predicted octanol–water partition coefficient (Wildman–Crippen LogP) is 1.38. The van der Waals surface area contributed by atoms with Crippen LogP contribution in [0.2, 0.25) is 0 Å². The van der Waals surface area contributed by atoms with Gasteiger partial charge in [-0.25, -0.2) is 0 Å². The quantitative estimate of drug-likeness (QED) is 0.780. The molecule has 0 radical (unpaired) electrons. The summed E-state index contributed by atoms with van der Waals surface area (Å²) in [6.07, 6.45) is 2.57. The number of likely N-dealkylation sites (tertiary alicyclic amines) is 1. The molecule has 1 aromatic carbocycles. The van der Waals surface area contributed by atoms with E-state index in [1.807, 2.05) is 6.07 Å². The summed E-state index contributed by atoms with van der Waals surface area (Å²) >= 11 is 0. The third-order valence-electron chi connectivity index (χ3n) is 4.52. The number of hydrogen-bond donors (Lipinski definition) is 3. The van der Waals surface area contributed by atoms with Crippen molar-refractivity contribution in [3.63, 3.8) is 0 Å². The maximum Gasteiger partial charge on any atom is 0.244 e. The van der Waals surface area contributed by atoms with Crippen molar-refractivity contribution < 1.29 is 4.79 Å². The fraction of sp³-hybridized carbons (Fsp3) is 0.444. The second-order valence-corrected chi connectivity index (χ2v) is 6.61. The monoisotopic (exact) mass is 327 g/mol. The molecule has 1 aromatic rings. The van der Waals surface area contributed by atoms with Crippen LogP contribution < -0.4 is 11.1 Å². The third kappa shape index (κ3) is 3.76. The highest BCUT2D eigenvalue weighted by molar-refractivity contribution is 6.04. The molecule has 0 aliphatic carbocycles. The molecule has 1 amide bonds. The first-order chi connectivity index (χ1) is 11.5. The van der Waals surface area contributed by atoms with Crippen molar-refractivity contribution in [2.24, 2.45) is 5.73 Å². The van der Waals surface area contributed by atoms with Gasteiger partial charge < -0.3 is 16.0 Å². The maximum absolute atomic E-state index is 11.9. The Labute approximate surface area is 142 Å². The number of nitrogens with one attached hydrogen (secondary N) is 2. The van der Waals surface area contributed by atoms with Crippen LogP contribution in [0.25, 0.3) is 0 Å². The van der Waals surface area contributed by atoms with Crippen molar-refractivity contribution in [2.75, 3.05) is 19.6 Å². The lowest BCUT2D eigenvalue weighted by Crippen LogP contribution is -2.50. The highest BCUT2D eigenvalue weighted by Gasteiger charge is 2.26. The molecule has 2 aliphatic rings. The zero-order chi connectivity index (χ0) is 17.1. The van der Waals surface area contributed by atoms with Gasteiger partial charge in [-0.2, -0.15) is 0 Å². The van der Waals surface area contributed by atoms with Crippen LogP contribution in [-0.4, -0.2) is 41.2 Å². The highest BCUT2D eigenvalue weighted by Crippen LogP contribution is 2.17. The summed E-state index contributed by atoms with van der Waals surface area (Å²) in [6, 6.07) is 8.42. The molecule has 6 nitrogen and oxygen atoms in total. The SMILES string of the molecule is C/C(N)=C1/NC(=O)CN(Cc2cccc(CN3CCCC3)c2)C1=N. The molecule has 6 heteroatoms. The van der Waals surface area contributed by atoms with Gasteiger partial charge in [-0.3, -0.25) is 15.1 Å². The number of amides is 1. The molecule has 2 heterocycles. The lowest BCUT2D eigenvalue weighted by atomic mass is 10.1. The first-order valence-corrected chi connectivity index (χ1v) is 8.43. The molecule has 4 N–H and O–H groups in total. The molecule has 2 saturated heterocycles. The molecule has 0 aromatic heterocycles. The molecule has 2 fully saturated rings. The molecule has 0 saturated carbocycles. The van der Waals surface area contributed by atoms with Gasteiger partial charge >= 0.3 is 0 Å². The summed E-state index contributed by atoms with van der Waals surface area (Å²) < 4.78 is 0. The molecule has 0 spiro atoms. The van der Waals surface area contributed by atoms with Crippen LogP contribution in [0.15, 0.2) is 35.7 Å². The summed E-state index contributed by atoms with van der Waals surface area (Å²) in [7, 11) is 0. The van der Waals surface area contributed by atoms with E-state index in [1.165, 1.54) is 31.5 Å². The van der Waals surface area contributed by atoms with E-state index < -0.39 is 0 Å². The van der Waals surface area contributed by atoms with Crippen LogP contribution in [0.1, 0.15) is 30.9 Å². The third-order valence-corrected chi connectivity index (χ3v) is 4.52. The number of nitrogens with two attached hydrogens (primary N) is 1. The lowest BCUT2D eigenvalue weighted by molar-refractivity contribution is -0.121. The number of rotatable bonds is 4. The van der Waals surface area contributed by atoms with E-state index in [0.29, 0.717) is 17.9 Å². The average molecular weight is 327 g/mol. The maximum atomic E-state index is 11.9. The number of amidine groups is 1. The molecule has 24 heavy (non-hydrogen) atoms. The van der Waals surface area contributed by atoms with Crippen LogP contribution in [0.4, 0.5) is 0 Å². The molecular weight excluding hydrogens is 302 g/mol. The number of carbonyl (C=O) groups is 1. The number of hydrogen-bond acceptors (Lipinski definition) is 4. The number of piperazine rings is 1. The number of allylic oxidation sites excluding steroid dienone is 1. The van der Waals surface area contributed by atoms with Gasteiger partial charge in [0.2, 0.25) is 5.91 Å². The molecular formula is C18H25N5O. The smallest absolute Gasteiger partial charge is 0.244 e. The zero-order valence-corrected chi connectivity index (χ0v) is 14.1. The van der Waals surface area contributed by atoms with Gasteiger partial charge in [0.25, 0.3) is 0 Å². The Kier molecular flexibility index (Phi) is 4.85. The molecule has 0 bridgehead atoms. The van der Waals surface area contributed by atoms with Crippen LogP contribution in [0, 0.1) is 5.41 Å². The van der Waals surface area contributed by atoms with E-state index in [0.717, 1.165) is 12.1 Å². The van der Waals surface area contributed by atoms with E-state index in [1.54, 1.807) is 11.8 Å². The van der Waals surface area contributed by atoms with Crippen molar-refractivity contribution in [2.45, 2.75) is 32.9 Å². The van der Waals surface area contributed by atoms with Crippen molar-refractivity contribution in [1.82, 2.24) is 15.1 Å².